The van der Waals surface area contributed by atoms with Crippen LogP contribution in [0.4, 0.5) is 5.69 Å². The maximum absolute atomic E-state index is 12.3. The van der Waals surface area contributed by atoms with Crippen molar-refractivity contribution in [1.82, 2.24) is 5.32 Å². The molecule has 0 saturated heterocycles. The average molecular weight is 311 g/mol. The number of halogens is 1. The summed E-state index contributed by atoms with van der Waals surface area (Å²) in [6.07, 6.45) is 0.883. The Labute approximate surface area is 131 Å². The molecule has 0 bridgehead atoms. The van der Waals surface area contributed by atoms with Gasteiger partial charge in [-0.25, -0.2) is 0 Å². The van der Waals surface area contributed by atoms with Crippen molar-refractivity contribution in [1.29, 1.82) is 0 Å². The Bertz CT molecular complexity index is 513. The third-order valence-electron chi connectivity index (χ3n) is 3.26. The molecular formula is C16H23ClN2O2. The lowest BCUT2D eigenvalue weighted by Crippen LogP contribution is -2.45. The van der Waals surface area contributed by atoms with E-state index < -0.39 is 5.41 Å². The van der Waals surface area contributed by atoms with Gasteiger partial charge in [-0.1, -0.05) is 37.6 Å². The standard InChI is InChI=1S/C16H23ClN2O2/c1-11(2)9-10-18-14(20)16(3,4)15(21)19-13-8-6-5-7-12(13)17/h5-8,11H,9-10H2,1-4H3,(H,18,20)(H,19,21). The van der Waals surface area contributed by atoms with Crippen LogP contribution in [0.3, 0.4) is 0 Å². The van der Waals surface area contributed by atoms with Crippen LogP contribution in [-0.4, -0.2) is 18.4 Å². The van der Waals surface area contributed by atoms with E-state index in [0.717, 1.165) is 6.42 Å². The van der Waals surface area contributed by atoms with E-state index in [1.807, 2.05) is 0 Å². The first-order valence-corrected chi connectivity index (χ1v) is 7.47. The van der Waals surface area contributed by atoms with Crippen molar-refractivity contribution in [2.45, 2.75) is 34.1 Å². The number of benzene rings is 1. The van der Waals surface area contributed by atoms with Crippen LogP contribution in [0.15, 0.2) is 24.3 Å². The van der Waals surface area contributed by atoms with Crippen molar-refractivity contribution in [3.05, 3.63) is 29.3 Å². The first-order valence-electron chi connectivity index (χ1n) is 7.09. The zero-order valence-electron chi connectivity index (χ0n) is 13.0. The first-order chi connectivity index (χ1) is 9.75. The van der Waals surface area contributed by atoms with Gasteiger partial charge in [-0.3, -0.25) is 9.59 Å². The largest absolute Gasteiger partial charge is 0.355 e. The monoisotopic (exact) mass is 310 g/mol. The summed E-state index contributed by atoms with van der Waals surface area (Å²) in [5, 5.41) is 5.95. The predicted molar refractivity (Wildman–Crippen MR) is 86.3 cm³/mol. The number of rotatable bonds is 6. The number of amides is 2. The molecule has 0 fully saturated rings. The Kier molecular flexibility index (Phi) is 6.21. The fourth-order valence-corrected chi connectivity index (χ4v) is 1.82. The summed E-state index contributed by atoms with van der Waals surface area (Å²) in [4.78, 5) is 24.5. The van der Waals surface area contributed by atoms with Gasteiger partial charge in [-0.15, -0.1) is 0 Å². The highest BCUT2D eigenvalue weighted by Gasteiger charge is 2.36. The Balaban J connectivity index is 2.66. The van der Waals surface area contributed by atoms with Gasteiger partial charge in [0, 0.05) is 6.54 Å². The summed E-state index contributed by atoms with van der Waals surface area (Å²) in [6.45, 7) is 7.94. The smallest absolute Gasteiger partial charge is 0.239 e. The molecule has 0 aliphatic rings. The van der Waals surface area contributed by atoms with Crippen LogP contribution in [0, 0.1) is 11.3 Å². The molecule has 0 saturated carbocycles. The van der Waals surface area contributed by atoms with Crippen molar-refractivity contribution in [2.24, 2.45) is 11.3 Å². The SMILES string of the molecule is CC(C)CCNC(=O)C(C)(C)C(=O)Nc1ccccc1Cl. The van der Waals surface area contributed by atoms with Crippen LogP contribution < -0.4 is 10.6 Å². The summed E-state index contributed by atoms with van der Waals surface area (Å²) in [6, 6.07) is 6.94. The lowest BCUT2D eigenvalue weighted by Gasteiger charge is -2.23. The van der Waals surface area contributed by atoms with Crippen molar-refractivity contribution in [2.75, 3.05) is 11.9 Å². The van der Waals surface area contributed by atoms with E-state index >= 15 is 0 Å². The predicted octanol–water partition coefficient (Wildman–Crippen LogP) is 3.47. The van der Waals surface area contributed by atoms with Crippen molar-refractivity contribution in [3.8, 4) is 0 Å². The number of hydrogen-bond acceptors (Lipinski definition) is 2. The molecule has 0 unspecified atom stereocenters. The molecule has 0 heterocycles. The molecular weight excluding hydrogens is 288 g/mol. The average Bonchev–Trinajstić information content (AvgIpc) is 2.40. The molecule has 0 atom stereocenters. The molecule has 1 aromatic carbocycles. The summed E-state index contributed by atoms with van der Waals surface area (Å²) in [5.41, 5.74) is -0.650. The fraction of sp³-hybridized carbons (Fsp3) is 0.500. The minimum absolute atomic E-state index is 0.285. The minimum atomic E-state index is -1.16. The highest BCUT2D eigenvalue weighted by atomic mass is 35.5. The van der Waals surface area contributed by atoms with E-state index in [1.54, 1.807) is 38.1 Å². The molecule has 21 heavy (non-hydrogen) atoms. The summed E-state index contributed by atoms with van der Waals surface area (Å²) in [7, 11) is 0. The Morgan fingerprint density at radius 2 is 1.81 bits per heavy atom. The number of anilines is 1. The van der Waals surface area contributed by atoms with Gasteiger partial charge in [0.05, 0.1) is 10.7 Å². The molecule has 5 heteroatoms. The lowest BCUT2D eigenvalue weighted by molar-refractivity contribution is -0.138. The molecule has 2 N–H and O–H groups in total. The lowest BCUT2D eigenvalue weighted by atomic mass is 9.90. The zero-order valence-corrected chi connectivity index (χ0v) is 13.8. The van der Waals surface area contributed by atoms with Crippen molar-refractivity contribution < 1.29 is 9.59 Å². The van der Waals surface area contributed by atoms with Crippen LogP contribution >= 0.6 is 11.6 Å². The van der Waals surface area contributed by atoms with Gasteiger partial charge in [0.15, 0.2) is 0 Å². The van der Waals surface area contributed by atoms with Crippen LogP contribution in [0.1, 0.15) is 34.1 Å². The second kappa shape index (κ2) is 7.46. The third-order valence-corrected chi connectivity index (χ3v) is 3.59. The van der Waals surface area contributed by atoms with Crippen LogP contribution in [-0.2, 0) is 9.59 Å². The molecule has 116 valence electrons. The summed E-state index contributed by atoms with van der Waals surface area (Å²) < 4.78 is 0. The van der Waals surface area contributed by atoms with E-state index in [9.17, 15) is 9.59 Å². The Morgan fingerprint density at radius 1 is 1.19 bits per heavy atom. The van der Waals surface area contributed by atoms with E-state index in [4.69, 9.17) is 11.6 Å². The minimum Gasteiger partial charge on any atom is -0.355 e. The third kappa shape index (κ3) is 5.05. The van der Waals surface area contributed by atoms with Gasteiger partial charge >= 0.3 is 0 Å². The van der Waals surface area contributed by atoms with Gasteiger partial charge in [0.2, 0.25) is 11.8 Å². The second-order valence-electron chi connectivity index (χ2n) is 6.00. The summed E-state index contributed by atoms with van der Waals surface area (Å²) in [5.74, 6) is -0.157. The van der Waals surface area contributed by atoms with Crippen molar-refractivity contribution >= 4 is 29.1 Å². The van der Waals surface area contributed by atoms with Gasteiger partial charge in [-0.2, -0.15) is 0 Å². The maximum Gasteiger partial charge on any atom is 0.239 e. The van der Waals surface area contributed by atoms with Crippen molar-refractivity contribution in [3.63, 3.8) is 0 Å². The molecule has 1 aromatic rings. The number of para-hydroxylation sites is 1. The summed E-state index contributed by atoms with van der Waals surface area (Å²) >= 11 is 6.00. The molecule has 0 aromatic heterocycles. The number of carbonyl (C=O) groups excluding carboxylic acids is 2. The molecule has 4 nitrogen and oxygen atoms in total. The maximum atomic E-state index is 12.3. The Morgan fingerprint density at radius 3 is 2.38 bits per heavy atom. The van der Waals surface area contributed by atoms with Crippen LogP contribution in [0.2, 0.25) is 5.02 Å². The zero-order chi connectivity index (χ0) is 16.0. The quantitative estimate of drug-likeness (QED) is 0.790. The fourth-order valence-electron chi connectivity index (χ4n) is 1.64. The molecule has 0 spiro atoms. The highest BCUT2D eigenvalue weighted by Crippen LogP contribution is 2.24. The molecule has 0 radical (unpaired) electrons. The van der Waals surface area contributed by atoms with Gasteiger partial charge in [-0.05, 0) is 38.3 Å². The number of hydrogen-bond donors (Lipinski definition) is 2. The number of carbonyl (C=O) groups is 2. The molecule has 1 rings (SSSR count). The Hall–Kier alpha value is -1.55. The normalized spacial score (nSPS) is 11.3. The van der Waals surface area contributed by atoms with E-state index in [1.165, 1.54) is 0 Å². The van der Waals surface area contributed by atoms with Crippen LogP contribution in [0.5, 0.6) is 0 Å². The van der Waals surface area contributed by atoms with E-state index in [-0.39, 0.29) is 11.8 Å². The van der Waals surface area contributed by atoms with Gasteiger partial charge < -0.3 is 10.6 Å². The molecule has 2 amide bonds. The topological polar surface area (TPSA) is 58.2 Å². The van der Waals surface area contributed by atoms with E-state index in [0.29, 0.717) is 23.2 Å². The van der Waals surface area contributed by atoms with Crippen LogP contribution in [0.25, 0.3) is 0 Å². The highest BCUT2D eigenvalue weighted by molar-refractivity contribution is 6.33. The second-order valence-corrected chi connectivity index (χ2v) is 6.40. The number of nitrogens with one attached hydrogen (secondary N) is 2. The molecule has 0 aliphatic heterocycles. The molecule has 0 aliphatic carbocycles. The van der Waals surface area contributed by atoms with Gasteiger partial charge in [0.1, 0.15) is 5.41 Å². The van der Waals surface area contributed by atoms with Gasteiger partial charge in [0.25, 0.3) is 0 Å². The first kappa shape index (κ1) is 17.5. The van der Waals surface area contributed by atoms with E-state index in [2.05, 4.69) is 24.5 Å².